The van der Waals surface area contributed by atoms with Crippen LogP contribution in [0.25, 0.3) is 16.7 Å². The molecule has 1 fully saturated rings. The second-order valence-electron chi connectivity index (χ2n) is 11.4. The summed E-state index contributed by atoms with van der Waals surface area (Å²) in [5.41, 5.74) is 10.5. The van der Waals surface area contributed by atoms with Gasteiger partial charge in [-0.25, -0.2) is 0 Å². The van der Waals surface area contributed by atoms with Crippen molar-refractivity contribution in [2.75, 3.05) is 19.7 Å². The van der Waals surface area contributed by atoms with Crippen LogP contribution in [-0.2, 0) is 23.1 Å². The van der Waals surface area contributed by atoms with Gasteiger partial charge in [0.1, 0.15) is 5.75 Å². The SMILES string of the molecule is Cc1cc(OCCCC2=C(C(=O)N3CCC(C(=O)O)CC3)Cc3c2cccc3-c2c(C)nn(C)c2C)cc(C)c1Cl. The van der Waals surface area contributed by atoms with Crippen molar-refractivity contribution in [1.29, 1.82) is 0 Å². The molecule has 0 bridgehead atoms. The predicted octanol–water partition coefficient (Wildman–Crippen LogP) is 6.47. The Morgan fingerprint density at radius 1 is 1.07 bits per heavy atom. The topological polar surface area (TPSA) is 84.7 Å². The smallest absolute Gasteiger partial charge is 0.306 e. The second kappa shape index (κ2) is 11.7. The minimum Gasteiger partial charge on any atom is -0.494 e. The number of amides is 1. The summed E-state index contributed by atoms with van der Waals surface area (Å²) < 4.78 is 8.01. The number of carboxylic acids is 1. The molecule has 216 valence electrons. The predicted molar refractivity (Wildman–Crippen MR) is 161 cm³/mol. The quantitative estimate of drug-likeness (QED) is 0.311. The number of halogens is 1. The van der Waals surface area contributed by atoms with Crippen molar-refractivity contribution in [2.45, 2.75) is 59.8 Å². The van der Waals surface area contributed by atoms with Gasteiger partial charge in [0, 0.05) is 48.4 Å². The summed E-state index contributed by atoms with van der Waals surface area (Å²) in [6.07, 6.45) is 3.00. The number of nitrogens with zero attached hydrogens (tertiary/aromatic N) is 3. The lowest BCUT2D eigenvalue weighted by Gasteiger charge is -2.31. The molecule has 2 aromatic carbocycles. The molecule has 3 aromatic rings. The number of carbonyl (C=O) groups is 2. The van der Waals surface area contributed by atoms with Crippen LogP contribution in [0.2, 0.25) is 5.02 Å². The molecule has 2 heterocycles. The first-order valence-electron chi connectivity index (χ1n) is 14.3. The van der Waals surface area contributed by atoms with E-state index < -0.39 is 5.97 Å². The molecule has 0 unspecified atom stereocenters. The maximum atomic E-state index is 14.0. The van der Waals surface area contributed by atoms with Crippen LogP contribution in [0.1, 0.15) is 59.3 Å². The fourth-order valence-corrected chi connectivity index (χ4v) is 6.45. The van der Waals surface area contributed by atoms with Crippen LogP contribution in [0, 0.1) is 33.6 Å². The molecular weight excluding hydrogens is 538 g/mol. The van der Waals surface area contributed by atoms with Crippen LogP contribution in [0.3, 0.4) is 0 Å². The van der Waals surface area contributed by atoms with Gasteiger partial charge < -0.3 is 14.7 Å². The number of aliphatic carboxylic acids is 1. The molecule has 1 aliphatic carbocycles. The number of likely N-dealkylation sites (tertiary alicyclic amines) is 1. The van der Waals surface area contributed by atoms with Gasteiger partial charge >= 0.3 is 5.97 Å². The zero-order valence-corrected chi connectivity index (χ0v) is 25.3. The first-order chi connectivity index (χ1) is 19.6. The van der Waals surface area contributed by atoms with Gasteiger partial charge in [0.15, 0.2) is 0 Å². The number of benzene rings is 2. The highest BCUT2D eigenvalue weighted by atomic mass is 35.5. The maximum absolute atomic E-state index is 14.0. The summed E-state index contributed by atoms with van der Waals surface area (Å²) >= 11 is 6.32. The summed E-state index contributed by atoms with van der Waals surface area (Å²) in [6, 6.07) is 10.2. The number of piperidine rings is 1. The Hall–Kier alpha value is -3.58. The van der Waals surface area contributed by atoms with E-state index >= 15 is 0 Å². The third-order valence-corrected chi connectivity index (χ3v) is 9.23. The number of ether oxygens (including phenoxy) is 1. The minimum absolute atomic E-state index is 0.0236. The third-order valence-electron chi connectivity index (χ3n) is 8.64. The third kappa shape index (κ3) is 5.65. The number of aromatic nitrogens is 2. The number of aryl methyl sites for hydroxylation is 4. The lowest BCUT2D eigenvalue weighted by atomic mass is 9.93. The highest BCUT2D eigenvalue weighted by Crippen LogP contribution is 2.43. The van der Waals surface area contributed by atoms with E-state index in [9.17, 15) is 14.7 Å². The Morgan fingerprint density at radius 3 is 2.34 bits per heavy atom. The molecule has 1 saturated heterocycles. The molecule has 5 rings (SSSR count). The first-order valence-corrected chi connectivity index (χ1v) is 14.7. The van der Waals surface area contributed by atoms with E-state index in [1.807, 2.05) is 49.5 Å². The molecule has 41 heavy (non-hydrogen) atoms. The zero-order valence-electron chi connectivity index (χ0n) is 24.5. The molecule has 8 heteroatoms. The summed E-state index contributed by atoms with van der Waals surface area (Å²) in [4.78, 5) is 27.3. The number of fused-ring (bicyclic) bond motifs is 1. The number of carboxylic acid groups (broad SMARTS) is 1. The second-order valence-corrected chi connectivity index (χ2v) is 11.7. The van der Waals surface area contributed by atoms with Gasteiger partial charge in [-0.3, -0.25) is 14.3 Å². The molecule has 1 aliphatic heterocycles. The van der Waals surface area contributed by atoms with Gasteiger partial charge in [-0.1, -0.05) is 29.8 Å². The number of hydrogen-bond donors (Lipinski definition) is 1. The first kappa shape index (κ1) is 28.9. The highest BCUT2D eigenvalue weighted by Gasteiger charge is 2.34. The molecular formula is C33H38ClN3O4. The van der Waals surface area contributed by atoms with Gasteiger partial charge in [0.25, 0.3) is 0 Å². The van der Waals surface area contributed by atoms with Gasteiger partial charge in [-0.2, -0.15) is 5.10 Å². The van der Waals surface area contributed by atoms with E-state index in [0.29, 0.717) is 45.4 Å². The molecule has 0 radical (unpaired) electrons. The lowest BCUT2D eigenvalue weighted by molar-refractivity contribution is -0.145. The van der Waals surface area contributed by atoms with E-state index in [2.05, 4.69) is 30.2 Å². The molecule has 0 spiro atoms. The van der Waals surface area contributed by atoms with Crippen molar-refractivity contribution < 1.29 is 19.4 Å². The zero-order chi connectivity index (χ0) is 29.4. The van der Waals surface area contributed by atoms with Gasteiger partial charge in [0.05, 0.1) is 18.2 Å². The fraction of sp³-hybridized carbons (Fsp3) is 0.424. The largest absolute Gasteiger partial charge is 0.494 e. The van der Waals surface area contributed by atoms with Crippen molar-refractivity contribution in [3.63, 3.8) is 0 Å². The maximum Gasteiger partial charge on any atom is 0.306 e. The Kier molecular flexibility index (Phi) is 8.28. The molecule has 1 aromatic heterocycles. The van der Waals surface area contributed by atoms with Crippen LogP contribution in [0.5, 0.6) is 5.75 Å². The van der Waals surface area contributed by atoms with Crippen LogP contribution >= 0.6 is 11.6 Å². The molecule has 1 N–H and O–H groups in total. The standard InChI is InChI=1S/C33H38ClN3O4/c1-19-16-24(17-20(2)31(19)34)41-15-7-10-26-25-8-6-9-27(30-21(3)35-36(5)22(30)4)28(25)18-29(26)32(38)37-13-11-23(12-14-37)33(39)40/h6,8-9,16-17,23H,7,10-15,18H2,1-5H3,(H,39,40). The Bertz CT molecular complexity index is 1520. The van der Waals surface area contributed by atoms with E-state index in [1.165, 1.54) is 0 Å². The van der Waals surface area contributed by atoms with E-state index in [-0.39, 0.29) is 11.8 Å². The van der Waals surface area contributed by atoms with Crippen molar-refractivity contribution in [3.05, 3.63) is 74.6 Å². The molecule has 7 nitrogen and oxygen atoms in total. The molecule has 1 amide bonds. The van der Waals surface area contributed by atoms with E-state index in [1.54, 1.807) is 0 Å². The monoisotopic (exact) mass is 575 g/mol. The van der Waals surface area contributed by atoms with Crippen LogP contribution < -0.4 is 4.74 Å². The van der Waals surface area contributed by atoms with E-state index in [0.717, 1.165) is 73.1 Å². The lowest BCUT2D eigenvalue weighted by Crippen LogP contribution is -2.41. The average Bonchev–Trinajstić information content (AvgIpc) is 3.44. The minimum atomic E-state index is -0.775. The molecule has 2 aliphatic rings. The van der Waals surface area contributed by atoms with Crippen LogP contribution in [0.4, 0.5) is 0 Å². The van der Waals surface area contributed by atoms with Crippen molar-refractivity contribution in [3.8, 4) is 16.9 Å². The van der Waals surface area contributed by atoms with Gasteiger partial charge in [-0.05, 0) is 98.9 Å². The van der Waals surface area contributed by atoms with Gasteiger partial charge in [0.2, 0.25) is 5.91 Å². The van der Waals surface area contributed by atoms with Crippen molar-refractivity contribution in [1.82, 2.24) is 14.7 Å². The Labute approximate surface area is 246 Å². The molecule has 0 saturated carbocycles. The number of carbonyl (C=O) groups excluding carboxylic acids is 1. The summed E-state index contributed by atoms with van der Waals surface area (Å²) in [5, 5.41) is 14.8. The van der Waals surface area contributed by atoms with Crippen LogP contribution in [0.15, 0.2) is 35.9 Å². The number of hydrogen-bond acceptors (Lipinski definition) is 4. The highest BCUT2D eigenvalue weighted by molar-refractivity contribution is 6.32. The summed E-state index contributed by atoms with van der Waals surface area (Å²) in [5.74, 6) is -0.333. The Morgan fingerprint density at radius 2 is 1.73 bits per heavy atom. The van der Waals surface area contributed by atoms with E-state index in [4.69, 9.17) is 16.3 Å². The van der Waals surface area contributed by atoms with Crippen molar-refractivity contribution in [2.24, 2.45) is 13.0 Å². The molecule has 0 atom stereocenters. The van der Waals surface area contributed by atoms with Gasteiger partial charge in [-0.15, -0.1) is 0 Å². The number of allylic oxidation sites excluding steroid dienone is 1. The van der Waals surface area contributed by atoms with Crippen molar-refractivity contribution >= 4 is 29.1 Å². The normalized spacial score (nSPS) is 15.4. The number of rotatable bonds is 8. The summed E-state index contributed by atoms with van der Waals surface area (Å²) in [7, 11) is 1.96. The average molecular weight is 576 g/mol. The Balaban J connectivity index is 1.42. The summed E-state index contributed by atoms with van der Waals surface area (Å²) in [6.45, 7) is 9.51. The van der Waals surface area contributed by atoms with Crippen LogP contribution in [-0.4, -0.2) is 51.4 Å². The fourth-order valence-electron chi connectivity index (χ4n) is 6.34.